The molecule has 6 rings (SSSR count). The highest BCUT2D eigenvalue weighted by atomic mass is 19.1. The number of carbonyl (C=O) groups is 1. The van der Waals surface area contributed by atoms with Crippen LogP contribution in [0.3, 0.4) is 0 Å². The number of ether oxygens (including phenoxy) is 2. The average Bonchev–Trinajstić information content (AvgIpc) is 3.44. The Hall–Kier alpha value is -5.21. The second-order valence-electron chi connectivity index (χ2n) is 10.1. The Morgan fingerprint density at radius 3 is 2.59 bits per heavy atom. The van der Waals surface area contributed by atoms with Crippen LogP contribution in [-0.2, 0) is 0 Å². The molecule has 0 aliphatic carbocycles. The molecule has 2 aromatic carbocycles. The van der Waals surface area contributed by atoms with Crippen molar-refractivity contribution in [1.82, 2.24) is 29.9 Å². The Balaban J connectivity index is 1.17. The molecule has 3 aromatic heterocycles. The van der Waals surface area contributed by atoms with Crippen LogP contribution in [0, 0.1) is 11.6 Å². The zero-order chi connectivity index (χ0) is 30.6. The molecule has 0 spiro atoms. The number of nitrogens with zero attached hydrogens (tertiary/aromatic N) is 5. The molecular weight excluding hydrogens is 576 g/mol. The number of aromatic amines is 1. The van der Waals surface area contributed by atoms with E-state index in [9.17, 15) is 14.0 Å². The first-order chi connectivity index (χ1) is 21.4. The Morgan fingerprint density at radius 1 is 1.05 bits per heavy atom. The summed E-state index contributed by atoms with van der Waals surface area (Å²) < 4.78 is 41.5. The number of hydrogen-bond donors (Lipinski definition) is 3. The second-order valence-corrected chi connectivity index (χ2v) is 10.1. The predicted octanol–water partition coefficient (Wildman–Crippen LogP) is 3.66. The minimum Gasteiger partial charge on any atom is -0.473 e. The summed E-state index contributed by atoms with van der Waals surface area (Å²) in [4.78, 5) is 32.2. The molecule has 0 atom stereocenters. The summed E-state index contributed by atoms with van der Waals surface area (Å²) in [5.74, 6) is -1.60. The fourth-order valence-electron chi connectivity index (χ4n) is 4.95. The van der Waals surface area contributed by atoms with Crippen molar-refractivity contribution in [2.45, 2.75) is 18.9 Å². The van der Waals surface area contributed by atoms with Crippen molar-refractivity contribution in [1.29, 1.82) is 0 Å². The quantitative estimate of drug-likeness (QED) is 0.230. The monoisotopic (exact) mass is 603 g/mol. The Kier molecular flexibility index (Phi) is 8.25. The fraction of sp³-hybridized carbons (Fsp3) is 0.233. The number of pyridine rings is 1. The number of piperidine rings is 1. The normalized spacial score (nSPS) is 14.1. The largest absolute Gasteiger partial charge is 0.473 e. The van der Waals surface area contributed by atoms with Gasteiger partial charge in [0.1, 0.15) is 28.6 Å². The van der Waals surface area contributed by atoms with E-state index in [-0.39, 0.29) is 47.0 Å². The lowest BCUT2D eigenvalue weighted by Crippen LogP contribution is -2.39. The van der Waals surface area contributed by atoms with E-state index < -0.39 is 23.1 Å². The zero-order valence-corrected chi connectivity index (χ0v) is 23.2. The molecule has 0 unspecified atom stereocenters. The number of β-amino-alcohol motifs (C(OH)–C–C–N with tert-alkyl or cyclic N) is 1. The van der Waals surface area contributed by atoms with Gasteiger partial charge in [-0.3, -0.25) is 14.7 Å². The van der Waals surface area contributed by atoms with Gasteiger partial charge in [0.25, 0.3) is 11.5 Å². The van der Waals surface area contributed by atoms with Crippen LogP contribution in [0.25, 0.3) is 16.7 Å². The predicted molar refractivity (Wildman–Crippen MR) is 155 cm³/mol. The van der Waals surface area contributed by atoms with Crippen LogP contribution >= 0.6 is 0 Å². The number of benzene rings is 2. The number of fused-ring (bicyclic) bond motifs is 1. The van der Waals surface area contributed by atoms with Gasteiger partial charge in [-0.15, -0.1) is 5.10 Å². The van der Waals surface area contributed by atoms with Crippen LogP contribution in [0.2, 0.25) is 0 Å². The molecule has 14 heteroatoms. The van der Waals surface area contributed by atoms with Gasteiger partial charge in [-0.2, -0.15) is 9.78 Å². The number of likely N-dealkylation sites (tertiary alicyclic amines) is 1. The average molecular weight is 604 g/mol. The van der Waals surface area contributed by atoms with Gasteiger partial charge in [0, 0.05) is 49.8 Å². The van der Waals surface area contributed by atoms with Crippen LogP contribution in [0.5, 0.6) is 17.4 Å². The Bertz CT molecular complexity index is 1850. The summed E-state index contributed by atoms with van der Waals surface area (Å²) in [5.41, 5.74) is -0.200. The standard InChI is InChI=1S/C30H27F2N7O5/c31-18-1-4-20(5-2-18)39-30(42)22(7-12-34-39)28(41)35-19-3-6-24(23(32)17-19)44-25-8-11-33-27-26(25)29(37-36-27)43-21-9-13-38(14-10-21)15-16-40/h1-8,11-12,17,21,40H,9-10,13-16H2,(H,35,41)(H,33,36,37). The van der Waals surface area contributed by atoms with Crippen molar-refractivity contribution in [2.24, 2.45) is 0 Å². The van der Waals surface area contributed by atoms with Crippen molar-refractivity contribution < 1.29 is 28.2 Å². The lowest BCUT2D eigenvalue weighted by Gasteiger charge is -2.31. The third-order valence-corrected chi connectivity index (χ3v) is 7.19. The highest BCUT2D eigenvalue weighted by Crippen LogP contribution is 2.36. The van der Waals surface area contributed by atoms with Crippen LogP contribution in [0.15, 0.2) is 71.8 Å². The summed E-state index contributed by atoms with van der Waals surface area (Å²) >= 11 is 0. The van der Waals surface area contributed by atoms with Gasteiger partial charge in [-0.05, 0) is 55.3 Å². The van der Waals surface area contributed by atoms with Crippen molar-refractivity contribution in [2.75, 3.05) is 31.6 Å². The van der Waals surface area contributed by atoms with Gasteiger partial charge < -0.3 is 24.8 Å². The number of rotatable bonds is 9. The van der Waals surface area contributed by atoms with E-state index in [1.165, 1.54) is 54.9 Å². The van der Waals surface area contributed by atoms with E-state index in [0.29, 0.717) is 17.6 Å². The third-order valence-electron chi connectivity index (χ3n) is 7.19. The number of amides is 1. The smallest absolute Gasteiger partial charge is 0.284 e. The van der Waals surface area contributed by atoms with Gasteiger partial charge in [-0.1, -0.05) is 0 Å². The van der Waals surface area contributed by atoms with E-state index in [4.69, 9.17) is 14.6 Å². The van der Waals surface area contributed by atoms with Crippen LogP contribution in [-0.4, -0.2) is 73.2 Å². The van der Waals surface area contributed by atoms with Crippen molar-refractivity contribution >= 4 is 22.6 Å². The molecule has 0 bridgehead atoms. The summed E-state index contributed by atoms with van der Waals surface area (Å²) in [6.45, 7) is 2.30. The minimum atomic E-state index is -0.778. The molecule has 3 N–H and O–H groups in total. The zero-order valence-electron chi connectivity index (χ0n) is 23.2. The number of aliphatic hydroxyl groups excluding tert-OH is 1. The van der Waals surface area contributed by atoms with Crippen molar-refractivity contribution in [3.8, 4) is 23.1 Å². The van der Waals surface area contributed by atoms with Crippen molar-refractivity contribution in [3.63, 3.8) is 0 Å². The number of carbonyl (C=O) groups excluding carboxylic acids is 1. The molecule has 1 saturated heterocycles. The number of hydrogen-bond acceptors (Lipinski definition) is 9. The summed E-state index contributed by atoms with van der Waals surface area (Å²) in [7, 11) is 0. The first kappa shape index (κ1) is 28.9. The van der Waals surface area contributed by atoms with E-state index in [0.717, 1.165) is 36.7 Å². The number of aliphatic hydroxyl groups is 1. The molecule has 4 heterocycles. The number of halogens is 2. The maximum Gasteiger partial charge on any atom is 0.284 e. The second kappa shape index (κ2) is 12.6. The topological polar surface area (TPSA) is 147 Å². The maximum absolute atomic E-state index is 15.2. The van der Waals surface area contributed by atoms with Gasteiger partial charge in [0.2, 0.25) is 5.88 Å². The molecule has 226 valence electrons. The summed E-state index contributed by atoms with van der Waals surface area (Å²) in [5, 5.41) is 23.2. The number of anilines is 1. The van der Waals surface area contributed by atoms with E-state index >= 15 is 4.39 Å². The molecule has 44 heavy (non-hydrogen) atoms. The van der Waals surface area contributed by atoms with Gasteiger partial charge in [0.05, 0.1) is 12.3 Å². The summed E-state index contributed by atoms with van der Waals surface area (Å²) in [6, 6.07) is 11.7. The molecule has 12 nitrogen and oxygen atoms in total. The van der Waals surface area contributed by atoms with Gasteiger partial charge in [0.15, 0.2) is 17.2 Å². The SMILES string of the molecule is O=C(Nc1ccc(Oc2ccnc3[nH]nc(OC4CCN(CCO)CC4)c23)c(F)c1)c1ccnn(-c2ccc(F)cc2)c1=O. The molecule has 5 aromatic rings. The minimum absolute atomic E-state index is 0.0872. The third kappa shape index (κ3) is 6.11. The molecule has 0 radical (unpaired) electrons. The molecular formula is C30H27F2N7O5. The lowest BCUT2D eigenvalue weighted by atomic mass is 10.1. The van der Waals surface area contributed by atoms with E-state index in [2.05, 4.69) is 30.5 Å². The van der Waals surface area contributed by atoms with Crippen LogP contribution in [0.4, 0.5) is 14.5 Å². The Labute approximate surface area is 248 Å². The molecule has 1 fully saturated rings. The maximum atomic E-state index is 15.2. The van der Waals surface area contributed by atoms with Gasteiger partial charge >= 0.3 is 0 Å². The van der Waals surface area contributed by atoms with Crippen molar-refractivity contribution in [3.05, 3.63) is 94.5 Å². The van der Waals surface area contributed by atoms with E-state index in [1.54, 1.807) is 6.07 Å². The highest BCUT2D eigenvalue weighted by Gasteiger charge is 2.24. The number of H-pyrrole nitrogens is 1. The first-order valence-electron chi connectivity index (χ1n) is 13.9. The fourth-order valence-corrected chi connectivity index (χ4v) is 4.95. The van der Waals surface area contributed by atoms with E-state index in [1.807, 2.05) is 0 Å². The molecule has 1 amide bonds. The van der Waals surface area contributed by atoms with Gasteiger partial charge in [-0.25, -0.2) is 13.8 Å². The number of aromatic nitrogens is 5. The van der Waals surface area contributed by atoms with Crippen LogP contribution in [0.1, 0.15) is 23.2 Å². The Morgan fingerprint density at radius 2 is 1.84 bits per heavy atom. The molecule has 1 aliphatic heterocycles. The summed E-state index contributed by atoms with van der Waals surface area (Å²) in [6.07, 6.45) is 4.18. The molecule has 1 aliphatic rings. The number of nitrogens with one attached hydrogen (secondary N) is 2. The van der Waals surface area contributed by atoms with Crippen LogP contribution < -0.4 is 20.3 Å². The molecule has 0 saturated carbocycles. The lowest BCUT2D eigenvalue weighted by molar-refractivity contribution is 0.0867. The first-order valence-corrected chi connectivity index (χ1v) is 13.9. The highest BCUT2D eigenvalue weighted by molar-refractivity contribution is 6.04.